The Morgan fingerprint density at radius 1 is 1.31 bits per heavy atom. The summed E-state index contributed by atoms with van der Waals surface area (Å²) in [6.07, 6.45) is 2.23. The molecule has 0 saturated carbocycles. The Morgan fingerprint density at radius 2 is 2.14 bits per heavy atom. The fourth-order valence-electron chi connectivity index (χ4n) is 3.44. The van der Waals surface area contributed by atoms with E-state index in [4.69, 9.17) is 0 Å². The van der Waals surface area contributed by atoms with Crippen molar-refractivity contribution in [1.29, 1.82) is 0 Å². The Balaban J connectivity index is 1.74. The SMILES string of the molecule is Cc1ccc2c(c1)Nc1c(cnn1C)CN2C(=O)c1ccc(CNC=O)c(F)c1. The van der Waals surface area contributed by atoms with Gasteiger partial charge in [0.1, 0.15) is 11.6 Å². The molecular weight excluding hydrogens is 373 g/mol. The van der Waals surface area contributed by atoms with Crippen LogP contribution in [0.5, 0.6) is 0 Å². The summed E-state index contributed by atoms with van der Waals surface area (Å²) in [5, 5.41) is 10.1. The van der Waals surface area contributed by atoms with Crippen molar-refractivity contribution < 1.29 is 14.0 Å². The average molecular weight is 393 g/mol. The maximum absolute atomic E-state index is 14.4. The lowest BCUT2D eigenvalue weighted by molar-refractivity contribution is -0.109. The first kappa shape index (κ1) is 18.7. The number of hydrogen-bond donors (Lipinski definition) is 2. The molecule has 8 heteroatoms. The van der Waals surface area contributed by atoms with E-state index in [1.54, 1.807) is 21.8 Å². The molecule has 0 aliphatic carbocycles. The van der Waals surface area contributed by atoms with Crippen molar-refractivity contribution in [2.75, 3.05) is 10.2 Å². The summed E-state index contributed by atoms with van der Waals surface area (Å²) >= 11 is 0. The molecule has 29 heavy (non-hydrogen) atoms. The van der Waals surface area contributed by atoms with Gasteiger partial charge in [-0.25, -0.2) is 4.39 Å². The number of carbonyl (C=O) groups excluding carboxylic acids is 2. The number of anilines is 3. The van der Waals surface area contributed by atoms with Gasteiger partial charge in [-0.1, -0.05) is 12.1 Å². The number of halogens is 1. The highest BCUT2D eigenvalue weighted by Gasteiger charge is 2.27. The van der Waals surface area contributed by atoms with Crippen molar-refractivity contribution in [1.82, 2.24) is 15.1 Å². The number of benzene rings is 2. The Kier molecular flexibility index (Phi) is 4.75. The molecular formula is C21H20FN5O2. The summed E-state index contributed by atoms with van der Waals surface area (Å²) in [6.45, 7) is 2.35. The van der Waals surface area contributed by atoms with Gasteiger partial charge in [-0.05, 0) is 36.8 Å². The van der Waals surface area contributed by atoms with Crippen LogP contribution in [-0.2, 0) is 24.9 Å². The van der Waals surface area contributed by atoms with Gasteiger partial charge in [0.2, 0.25) is 6.41 Å². The molecule has 7 nitrogen and oxygen atoms in total. The van der Waals surface area contributed by atoms with Crippen LogP contribution >= 0.6 is 0 Å². The van der Waals surface area contributed by atoms with Crippen LogP contribution in [0.25, 0.3) is 0 Å². The fraction of sp³-hybridized carbons (Fsp3) is 0.190. The predicted molar refractivity (Wildman–Crippen MR) is 107 cm³/mol. The second-order valence-electron chi connectivity index (χ2n) is 6.98. The molecule has 2 aromatic carbocycles. The summed E-state index contributed by atoms with van der Waals surface area (Å²) in [5.41, 5.74) is 3.96. The normalized spacial score (nSPS) is 12.4. The van der Waals surface area contributed by atoms with Gasteiger partial charge in [0, 0.05) is 30.3 Å². The highest BCUT2D eigenvalue weighted by Crippen LogP contribution is 2.37. The number of fused-ring (bicyclic) bond motifs is 2. The van der Waals surface area contributed by atoms with Crippen LogP contribution in [0.1, 0.15) is 27.0 Å². The molecule has 0 radical (unpaired) electrons. The lowest BCUT2D eigenvalue weighted by Gasteiger charge is -2.23. The zero-order chi connectivity index (χ0) is 20.5. The van der Waals surface area contributed by atoms with Gasteiger partial charge in [-0.3, -0.25) is 14.3 Å². The number of aryl methyl sites for hydroxylation is 2. The van der Waals surface area contributed by atoms with Crippen LogP contribution in [0, 0.1) is 12.7 Å². The van der Waals surface area contributed by atoms with E-state index in [1.807, 2.05) is 32.2 Å². The Hall–Kier alpha value is -3.68. The quantitative estimate of drug-likeness (QED) is 0.668. The zero-order valence-corrected chi connectivity index (χ0v) is 16.1. The van der Waals surface area contributed by atoms with Crippen molar-refractivity contribution in [2.45, 2.75) is 20.0 Å². The molecule has 0 unspecified atom stereocenters. The molecule has 2 heterocycles. The van der Waals surface area contributed by atoms with E-state index in [0.717, 1.165) is 22.6 Å². The van der Waals surface area contributed by atoms with Crippen LogP contribution in [0.15, 0.2) is 42.6 Å². The molecule has 0 bridgehead atoms. The molecule has 0 saturated heterocycles. The number of amides is 2. The first-order valence-corrected chi connectivity index (χ1v) is 9.14. The first-order valence-electron chi connectivity index (χ1n) is 9.14. The standard InChI is InChI=1S/C21H20FN5O2/c1-13-3-6-19-18(7-13)25-20-16(10-24-26(20)2)11-27(19)21(29)14-4-5-15(9-23-12-28)17(22)8-14/h3-8,10,12,25H,9,11H2,1-2H3,(H,23,28). The van der Waals surface area contributed by atoms with Crippen molar-refractivity contribution in [3.05, 3.63) is 70.7 Å². The molecule has 0 atom stereocenters. The van der Waals surface area contributed by atoms with E-state index < -0.39 is 5.82 Å². The summed E-state index contributed by atoms with van der Waals surface area (Å²) in [6, 6.07) is 10.1. The third kappa shape index (κ3) is 3.44. The van der Waals surface area contributed by atoms with Crippen molar-refractivity contribution in [2.24, 2.45) is 7.05 Å². The number of aromatic nitrogens is 2. The van der Waals surface area contributed by atoms with E-state index in [2.05, 4.69) is 15.7 Å². The maximum Gasteiger partial charge on any atom is 0.258 e. The first-order chi connectivity index (χ1) is 14.0. The minimum Gasteiger partial charge on any atom is -0.354 e. The van der Waals surface area contributed by atoms with E-state index >= 15 is 0 Å². The van der Waals surface area contributed by atoms with E-state index in [-0.39, 0.29) is 18.0 Å². The third-order valence-electron chi connectivity index (χ3n) is 4.96. The third-order valence-corrected chi connectivity index (χ3v) is 4.96. The number of rotatable bonds is 4. The predicted octanol–water partition coefficient (Wildman–Crippen LogP) is 3.02. The highest BCUT2D eigenvalue weighted by atomic mass is 19.1. The van der Waals surface area contributed by atoms with Crippen LogP contribution in [0.3, 0.4) is 0 Å². The van der Waals surface area contributed by atoms with Crippen LogP contribution in [0.4, 0.5) is 21.6 Å². The van der Waals surface area contributed by atoms with E-state index in [0.29, 0.717) is 24.2 Å². The molecule has 4 rings (SSSR count). The summed E-state index contributed by atoms with van der Waals surface area (Å²) < 4.78 is 16.1. The number of carbonyl (C=O) groups is 2. The largest absolute Gasteiger partial charge is 0.354 e. The topological polar surface area (TPSA) is 79.3 Å². The molecule has 1 aliphatic rings. The Morgan fingerprint density at radius 3 is 2.90 bits per heavy atom. The number of nitrogens with one attached hydrogen (secondary N) is 2. The molecule has 1 aromatic heterocycles. The zero-order valence-electron chi connectivity index (χ0n) is 16.1. The van der Waals surface area contributed by atoms with Crippen molar-refractivity contribution in [3.63, 3.8) is 0 Å². The molecule has 0 spiro atoms. The molecule has 2 amide bonds. The van der Waals surface area contributed by atoms with Gasteiger partial charge in [0.05, 0.1) is 24.1 Å². The molecule has 3 aromatic rings. The van der Waals surface area contributed by atoms with Crippen LogP contribution < -0.4 is 15.5 Å². The van der Waals surface area contributed by atoms with Gasteiger partial charge >= 0.3 is 0 Å². The lowest BCUT2D eigenvalue weighted by Crippen LogP contribution is -2.30. The summed E-state index contributed by atoms with van der Waals surface area (Å²) in [7, 11) is 1.83. The lowest BCUT2D eigenvalue weighted by atomic mass is 10.1. The van der Waals surface area contributed by atoms with Gasteiger partial charge in [0.25, 0.3) is 5.91 Å². The van der Waals surface area contributed by atoms with Gasteiger partial charge in [-0.2, -0.15) is 5.10 Å². The fourth-order valence-corrected chi connectivity index (χ4v) is 3.44. The number of nitrogens with zero attached hydrogens (tertiary/aromatic N) is 3. The average Bonchev–Trinajstić information content (AvgIpc) is 2.95. The smallest absolute Gasteiger partial charge is 0.258 e. The van der Waals surface area contributed by atoms with E-state index in [1.165, 1.54) is 12.1 Å². The Bertz CT molecular complexity index is 1110. The van der Waals surface area contributed by atoms with Crippen molar-refractivity contribution >= 4 is 29.5 Å². The molecule has 2 N–H and O–H groups in total. The summed E-state index contributed by atoms with van der Waals surface area (Å²) in [5.74, 6) is -0.0413. The monoisotopic (exact) mass is 393 g/mol. The second-order valence-corrected chi connectivity index (χ2v) is 6.98. The van der Waals surface area contributed by atoms with Gasteiger partial charge in [0.15, 0.2) is 0 Å². The van der Waals surface area contributed by atoms with Crippen molar-refractivity contribution in [3.8, 4) is 0 Å². The molecule has 1 aliphatic heterocycles. The maximum atomic E-state index is 14.4. The van der Waals surface area contributed by atoms with Gasteiger partial charge < -0.3 is 15.5 Å². The minimum atomic E-state index is -0.538. The highest BCUT2D eigenvalue weighted by molar-refractivity contribution is 6.08. The minimum absolute atomic E-state index is 0.0680. The summed E-state index contributed by atoms with van der Waals surface area (Å²) in [4.78, 5) is 25.4. The Labute approximate surface area is 167 Å². The van der Waals surface area contributed by atoms with Crippen LogP contribution in [0.2, 0.25) is 0 Å². The number of hydrogen-bond acceptors (Lipinski definition) is 4. The second kappa shape index (κ2) is 7.38. The van der Waals surface area contributed by atoms with E-state index in [9.17, 15) is 14.0 Å². The van der Waals surface area contributed by atoms with Gasteiger partial charge in [-0.15, -0.1) is 0 Å². The van der Waals surface area contributed by atoms with Crippen LogP contribution in [-0.4, -0.2) is 22.1 Å². The molecule has 0 fully saturated rings. The molecule has 148 valence electrons.